The van der Waals surface area contributed by atoms with Crippen molar-refractivity contribution in [1.29, 1.82) is 0 Å². The third-order valence-electron chi connectivity index (χ3n) is 8.72. The number of carbonyl (C=O) groups is 1. The number of amides is 1. The summed E-state index contributed by atoms with van der Waals surface area (Å²) in [4.78, 5) is 35.3. The third kappa shape index (κ3) is 8.58. The zero-order valence-corrected chi connectivity index (χ0v) is 27.3. The first-order valence-electron chi connectivity index (χ1n) is 16.2. The molecular formula is C38H37F5N4O2. The van der Waals surface area contributed by atoms with Crippen molar-refractivity contribution >= 4 is 16.8 Å². The van der Waals surface area contributed by atoms with Crippen LogP contribution < -0.4 is 5.56 Å². The molecule has 1 amide bonds. The molecule has 0 saturated heterocycles. The summed E-state index contributed by atoms with van der Waals surface area (Å²) in [6.07, 6.45) is -4.25. The summed E-state index contributed by atoms with van der Waals surface area (Å²) in [5.74, 6) is -1.87. The second-order valence-electron chi connectivity index (χ2n) is 11.8. The van der Waals surface area contributed by atoms with Gasteiger partial charge in [-0.15, -0.1) is 0 Å². The van der Waals surface area contributed by atoms with E-state index in [1.807, 2.05) is 38.1 Å². The molecule has 1 aromatic heterocycles. The van der Waals surface area contributed by atoms with Crippen molar-refractivity contribution in [1.82, 2.24) is 19.4 Å². The average molecular weight is 677 g/mol. The van der Waals surface area contributed by atoms with Crippen molar-refractivity contribution in [3.05, 3.63) is 135 Å². The van der Waals surface area contributed by atoms with E-state index in [0.717, 1.165) is 42.4 Å². The average Bonchev–Trinajstić information content (AvgIpc) is 3.10. The van der Waals surface area contributed by atoms with Crippen LogP contribution in [-0.4, -0.2) is 51.4 Å². The number of carbonyl (C=O) groups excluding carboxylic acids is 1. The van der Waals surface area contributed by atoms with Crippen molar-refractivity contribution < 1.29 is 26.7 Å². The van der Waals surface area contributed by atoms with Crippen LogP contribution in [-0.2, 0) is 36.9 Å². The summed E-state index contributed by atoms with van der Waals surface area (Å²) in [6, 6.07) is 23.1. The monoisotopic (exact) mass is 676 g/mol. The third-order valence-corrected chi connectivity index (χ3v) is 8.72. The smallest absolute Gasteiger partial charge is 0.336 e. The van der Waals surface area contributed by atoms with Crippen LogP contribution >= 0.6 is 0 Å². The number of aryl methyl sites for hydroxylation is 2. The number of hydrogen-bond donors (Lipinski definition) is 0. The SMILES string of the molecule is CCN(CC)CCN(Cc1ccc(-c2ccc(C(F)(F)F)cc2)cc1)C(=O)Cn1c(CCc2cccc(F)c2F)nc(=O)c2ccccc21. The first kappa shape index (κ1) is 35.4. The Labute approximate surface area is 281 Å². The van der Waals surface area contributed by atoms with E-state index in [1.54, 1.807) is 33.7 Å². The minimum atomic E-state index is -4.42. The van der Waals surface area contributed by atoms with Crippen molar-refractivity contribution in [2.24, 2.45) is 0 Å². The molecule has 0 aliphatic heterocycles. The summed E-state index contributed by atoms with van der Waals surface area (Å²) in [5, 5.41) is 0.338. The Balaban J connectivity index is 1.42. The van der Waals surface area contributed by atoms with Crippen LogP contribution in [0.3, 0.4) is 0 Å². The number of benzene rings is 4. The lowest BCUT2D eigenvalue weighted by atomic mass is 10.0. The molecule has 4 aromatic carbocycles. The molecule has 0 aliphatic carbocycles. The molecule has 0 N–H and O–H groups in total. The van der Waals surface area contributed by atoms with Crippen LogP contribution in [0.4, 0.5) is 22.0 Å². The van der Waals surface area contributed by atoms with Gasteiger partial charge < -0.3 is 14.4 Å². The molecule has 256 valence electrons. The van der Waals surface area contributed by atoms with Gasteiger partial charge in [0.15, 0.2) is 11.6 Å². The normalized spacial score (nSPS) is 11.8. The molecule has 49 heavy (non-hydrogen) atoms. The van der Waals surface area contributed by atoms with Gasteiger partial charge in [-0.05, 0) is 72.1 Å². The van der Waals surface area contributed by atoms with Crippen molar-refractivity contribution in [2.75, 3.05) is 26.2 Å². The van der Waals surface area contributed by atoms with E-state index in [2.05, 4.69) is 9.88 Å². The maximum atomic E-state index is 14.5. The van der Waals surface area contributed by atoms with Crippen LogP contribution in [0.15, 0.2) is 95.8 Å². The number of halogens is 5. The number of nitrogens with zero attached hydrogens (tertiary/aromatic N) is 4. The largest absolute Gasteiger partial charge is 0.416 e. The van der Waals surface area contributed by atoms with E-state index in [4.69, 9.17) is 0 Å². The van der Waals surface area contributed by atoms with Gasteiger partial charge in [0.05, 0.1) is 16.5 Å². The van der Waals surface area contributed by atoms with Gasteiger partial charge >= 0.3 is 6.18 Å². The zero-order valence-electron chi connectivity index (χ0n) is 27.3. The number of para-hydroxylation sites is 1. The van der Waals surface area contributed by atoms with Gasteiger partial charge in [-0.2, -0.15) is 18.2 Å². The lowest BCUT2D eigenvalue weighted by Crippen LogP contribution is -2.40. The molecule has 1 heterocycles. The molecule has 0 radical (unpaired) electrons. The van der Waals surface area contributed by atoms with E-state index in [9.17, 15) is 31.5 Å². The molecule has 0 fully saturated rings. The minimum Gasteiger partial charge on any atom is -0.336 e. The Kier molecular flexibility index (Phi) is 11.2. The quantitative estimate of drug-likeness (QED) is 0.121. The Morgan fingerprint density at radius 1 is 0.796 bits per heavy atom. The number of likely N-dealkylation sites (N-methyl/N-ethyl adjacent to an activating group) is 1. The fraction of sp³-hybridized carbons (Fsp3) is 0.289. The van der Waals surface area contributed by atoms with E-state index < -0.39 is 28.9 Å². The molecule has 0 spiro atoms. The molecule has 0 unspecified atom stereocenters. The highest BCUT2D eigenvalue weighted by Crippen LogP contribution is 2.31. The summed E-state index contributed by atoms with van der Waals surface area (Å²) in [5.41, 5.74) is 1.66. The fourth-order valence-corrected chi connectivity index (χ4v) is 5.83. The minimum absolute atomic E-state index is 0.0690. The Hall–Kier alpha value is -4.90. The van der Waals surface area contributed by atoms with Crippen molar-refractivity contribution in [3.8, 4) is 11.1 Å². The predicted molar refractivity (Wildman–Crippen MR) is 180 cm³/mol. The second kappa shape index (κ2) is 15.5. The highest BCUT2D eigenvalue weighted by Gasteiger charge is 2.30. The van der Waals surface area contributed by atoms with Gasteiger partial charge in [-0.25, -0.2) is 8.78 Å². The molecule has 5 aromatic rings. The van der Waals surface area contributed by atoms with Gasteiger partial charge in [-0.3, -0.25) is 9.59 Å². The number of alkyl halides is 3. The first-order chi connectivity index (χ1) is 23.5. The standard InChI is InChI=1S/C38H37F5N4O2/c1-3-45(4-2)22-23-46(24-26-12-14-27(15-13-26)28-16-19-30(20-17-28)38(41,42)43)35(48)25-47-33-11-6-5-9-31(33)37(49)44-34(47)21-18-29-8-7-10-32(39)36(29)40/h5-17,19-20H,3-4,18,21-25H2,1-2H3. The van der Waals surface area contributed by atoms with Gasteiger partial charge in [0.1, 0.15) is 12.4 Å². The highest BCUT2D eigenvalue weighted by atomic mass is 19.4. The Morgan fingerprint density at radius 2 is 1.45 bits per heavy atom. The van der Waals surface area contributed by atoms with E-state index in [1.165, 1.54) is 24.3 Å². The van der Waals surface area contributed by atoms with Crippen molar-refractivity contribution in [3.63, 3.8) is 0 Å². The molecular weight excluding hydrogens is 639 g/mol. The Bertz CT molecular complexity index is 1950. The van der Waals surface area contributed by atoms with Crippen LogP contribution in [0.2, 0.25) is 0 Å². The topological polar surface area (TPSA) is 58.4 Å². The molecule has 0 bridgehead atoms. The van der Waals surface area contributed by atoms with Crippen molar-refractivity contribution in [2.45, 2.75) is 46.0 Å². The zero-order chi connectivity index (χ0) is 35.1. The molecule has 0 saturated carbocycles. The van der Waals surface area contributed by atoms with E-state index in [-0.39, 0.29) is 43.2 Å². The number of aromatic nitrogens is 2. The van der Waals surface area contributed by atoms with Crippen LogP contribution in [0.1, 0.15) is 36.4 Å². The summed E-state index contributed by atoms with van der Waals surface area (Å²) in [6.45, 7) is 6.85. The Morgan fingerprint density at radius 3 is 2.10 bits per heavy atom. The number of hydrogen-bond acceptors (Lipinski definition) is 4. The summed E-state index contributed by atoms with van der Waals surface area (Å²) >= 11 is 0. The van der Waals surface area contributed by atoms with Gasteiger partial charge in [-0.1, -0.05) is 74.5 Å². The van der Waals surface area contributed by atoms with Crippen LogP contribution in [0.25, 0.3) is 22.0 Å². The lowest BCUT2D eigenvalue weighted by Gasteiger charge is -2.28. The van der Waals surface area contributed by atoms with E-state index in [0.29, 0.717) is 29.6 Å². The van der Waals surface area contributed by atoms with Gasteiger partial charge in [0.25, 0.3) is 5.56 Å². The first-order valence-corrected chi connectivity index (χ1v) is 16.2. The molecule has 0 aliphatic rings. The fourth-order valence-electron chi connectivity index (χ4n) is 5.83. The highest BCUT2D eigenvalue weighted by molar-refractivity contribution is 5.82. The van der Waals surface area contributed by atoms with E-state index >= 15 is 0 Å². The van der Waals surface area contributed by atoms with Gasteiger partial charge in [0, 0.05) is 26.1 Å². The van der Waals surface area contributed by atoms with Crippen LogP contribution in [0.5, 0.6) is 0 Å². The van der Waals surface area contributed by atoms with Gasteiger partial charge in [0.2, 0.25) is 5.91 Å². The lowest BCUT2D eigenvalue weighted by molar-refractivity contribution is -0.137. The van der Waals surface area contributed by atoms with Crippen LogP contribution in [0, 0.1) is 11.6 Å². The number of rotatable bonds is 13. The number of fused-ring (bicyclic) bond motifs is 1. The maximum Gasteiger partial charge on any atom is 0.416 e. The predicted octanol–water partition coefficient (Wildman–Crippen LogP) is 7.52. The maximum absolute atomic E-state index is 14.5. The second-order valence-corrected chi connectivity index (χ2v) is 11.8. The summed E-state index contributed by atoms with van der Waals surface area (Å²) < 4.78 is 69.1. The molecule has 5 rings (SSSR count). The molecule has 6 nitrogen and oxygen atoms in total. The summed E-state index contributed by atoms with van der Waals surface area (Å²) in [7, 11) is 0. The molecule has 0 atom stereocenters. The molecule has 11 heteroatoms.